The van der Waals surface area contributed by atoms with E-state index in [0.29, 0.717) is 17.0 Å². The van der Waals surface area contributed by atoms with Gasteiger partial charge in [0.15, 0.2) is 5.82 Å². The monoisotopic (exact) mass is 271 g/mol. The molecule has 3 aromatic rings. The highest BCUT2D eigenvalue weighted by Crippen LogP contribution is 2.26. The average Bonchev–Trinajstić information content (AvgIpc) is 2.90. The van der Waals surface area contributed by atoms with E-state index in [9.17, 15) is 9.50 Å². The summed E-state index contributed by atoms with van der Waals surface area (Å²) in [4.78, 5) is 7.91. The van der Waals surface area contributed by atoms with Crippen molar-refractivity contribution in [2.75, 3.05) is 0 Å². The Balaban J connectivity index is 1.88. The topological polar surface area (TPSA) is 72.0 Å². The molecule has 0 saturated heterocycles. The van der Waals surface area contributed by atoms with Gasteiger partial charge < -0.3 is 9.63 Å². The summed E-state index contributed by atoms with van der Waals surface area (Å²) in [7, 11) is 0. The summed E-state index contributed by atoms with van der Waals surface area (Å²) in [5.41, 5.74) is 0.881. The first-order chi connectivity index (χ1) is 9.74. The third kappa shape index (κ3) is 2.35. The Hall–Kier alpha value is -2.76. The van der Waals surface area contributed by atoms with Crippen LogP contribution in [0.1, 0.15) is 11.4 Å². The lowest BCUT2D eigenvalue weighted by atomic mass is 10.1. The number of halogens is 1. The molecule has 0 aliphatic heterocycles. The lowest BCUT2D eigenvalue weighted by Crippen LogP contribution is -1.94. The Kier molecular flexibility index (Phi) is 3.12. The standard InChI is InChI=1S/C14H10FN3O2/c15-11-4-2-1-3-9(11)7-13-17-14(20-18-13)10-5-6-16-8-12(10)19/h1-6,8,19H,7H2. The number of hydrogen-bond donors (Lipinski definition) is 1. The Morgan fingerprint density at radius 1 is 1.20 bits per heavy atom. The number of rotatable bonds is 3. The van der Waals surface area contributed by atoms with Crippen LogP contribution in [-0.4, -0.2) is 20.2 Å². The Labute approximate surface area is 113 Å². The van der Waals surface area contributed by atoms with Crippen LogP contribution >= 0.6 is 0 Å². The lowest BCUT2D eigenvalue weighted by molar-refractivity contribution is 0.418. The SMILES string of the molecule is Oc1cnccc1-c1nc(Cc2ccccc2F)no1. The molecular weight excluding hydrogens is 261 g/mol. The number of pyridine rings is 1. The van der Waals surface area contributed by atoms with Gasteiger partial charge in [0.2, 0.25) is 0 Å². The van der Waals surface area contributed by atoms with Gasteiger partial charge in [0.05, 0.1) is 11.8 Å². The van der Waals surface area contributed by atoms with E-state index in [2.05, 4.69) is 15.1 Å². The molecule has 0 saturated carbocycles. The summed E-state index contributed by atoms with van der Waals surface area (Å²) in [6.07, 6.45) is 3.02. The molecule has 5 nitrogen and oxygen atoms in total. The highest BCUT2D eigenvalue weighted by Gasteiger charge is 2.13. The predicted molar refractivity (Wildman–Crippen MR) is 68.4 cm³/mol. The molecule has 0 bridgehead atoms. The zero-order valence-corrected chi connectivity index (χ0v) is 10.3. The molecule has 3 rings (SSSR count). The van der Waals surface area contributed by atoms with E-state index >= 15 is 0 Å². The molecule has 1 aromatic carbocycles. The molecule has 100 valence electrons. The number of nitrogens with zero attached hydrogens (tertiary/aromatic N) is 3. The first kappa shape index (κ1) is 12.3. The maximum Gasteiger partial charge on any atom is 0.261 e. The zero-order chi connectivity index (χ0) is 13.9. The van der Waals surface area contributed by atoms with Crippen molar-refractivity contribution >= 4 is 0 Å². The first-order valence-electron chi connectivity index (χ1n) is 5.93. The fraction of sp³-hybridized carbons (Fsp3) is 0.0714. The summed E-state index contributed by atoms with van der Waals surface area (Å²) < 4.78 is 18.6. The molecule has 0 amide bonds. The maximum absolute atomic E-state index is 13.5. The lowest BCUT2D eigenvalue weighted by Gasteiger charge is -1.98. The van der Waals surface area contributed by atoms with Gasteiger partial charge in [-0.2, -0.15) is 4.98 Å². The van der Waals surface area contributed by atoms with Crippen LogP contribution in [0.3, 0.4) is 0 Å². The smallest absolute Gasteiger partial charge is 0.261 e. The van der Waals surface area contributed by atoms with Gasteiger partial charge in [0.1, 0.15) is 11.6 Å². The van der Waals surface area contributed by atoms with Gasteiger partial charge in [-0.15, -0.1) is 0 Å². The fourth-order valence-electron chi connectivity index (χ4n) is 1.81. The molecule has 2 aromatic heterocycles. The van der Waals surface area contributed by atoms with Crippen molar-refractivity contribution in [1.82, 2.24) is 15.1 Å². The molecule has 0 fully saturated rings. The van der Waals surface area contributed by atoms with Crippen molar-refractivity contribution in [3.05, 3.63) is 59.9 Å². The molecule has 0 spiro atoms. The van der Waals surface area contributed by atoms with E-state index in [0.717, 1.165) is 0 Å². The zero-order valence-electron chi connectivity index (χ0n) is 10.3. The van der Waals surface area contributed by atoms with Gasteiger partial charge in [-0.05, 0) is 17.7 Å². The van der Waals surface area contributed by atoms with E-state index in [4.69, 9.17) is 4.52 Å². The van der Waals surface area contributed by atoms with Gasteiger partial charge >= 0.3 is 0 Å². The third-order valence-electron chi connectivity index (χ3n) is 2.80. The molecule has 0 radical (unpaired) electrons. The van der Waals surface area contributed by atoms with Crippen LogP contribution < -0.4 is 0 Å². The molecule has 0 aliphatic carbocycles. The van der Waals surface area contributed by atoms with Crippen molar-refractivity contribution in [3.8, 4) is 17.2 Å². The minimum atomic E-state index is -0.314. The van der Waals surface area contributed by atoms with E-state index in [1.807, 2.05) is 0 Å². The minimum absolute atomic E-state index is 0.0476. The summed E-state index contributed by atoms with van der Waals surface area (Å²) in [6.45, 7) is 0. The van der Waals surface area contributed by atoms with E-state index < -0.39 is 0 Å². The van der Waals surface area contributed by atoms with Gasteiger partial charge in [-0.25, -0.2) is 4.39 Å². The quantitative estimate of drug-likeness (QED) is 0.792. The van der Waals surface area contributed by atoms with Crippen molar-refractivity contribution in [1.29, 1.82) is 0 Å². The van der Waals surface area contributed by atoms with E-state index in [1.54, 1.807) is 24.3 Å². The largest absolute Gasteiger partial charge is 0.505 e. The van der Waals surface area contributed by atoms with Crippen LogP contribution in [0.4, 0.5) is 4.39 Å². The molecule has 2 heterocycles. The highest BCUT2D eigenvalue weighted by molar-refractivity contribution is 5.60. The number of hydrogen-bond acceptors (Lipinski definition) is 5. The van der Waals surface area contributed by atoms with Crippen LogP contribution in [0.5, 0.6) is 5.75 Å². The van der Waals surface area contributed by atoms with E-state index in [-0.39, 0.29) is 23.9 Å². The summed E-state index contributed by atoms with van der Waals surface area (Å²) in [5, 5.41) is 13.4. The molecule has 6 heteroatoms. The summed E-state index contributed by atoms with van der Waals surface area (Å²) in [6, 6.07) is 7.97. The van der Waals surface area contributed by atoms with Gasteiger partial charge in [0, 0.05) is 12.6 Å². The Morgan fingerprint density at radius 3 is 2.85 bits per heavy atom. The molecule has 20 heavy (non-hydrogen) atoms. The van der Waals surface area contributed by atoms with Crippen LogP contribution in [0, 0.1) is 5.82 Å². The molecule has 0 unspecified atom stereocenters. The molecule has 1 N–H and O–H groups in total. The normalized spacial score (nSPS) is 10.7. The Morgan fingerprint density at radius 2 is 2.05 bits per heavy atom. The second kappa shape index (κ2) is 5.08. The molecular formula is C14H10FN3O2. The van der Waals surface area contributed by atoms with Crippen molar-refractivity contribution < 1.29 is 14.0 Å². The summed E-state index contributed by atoms with van der Waals surface area (Å²) >= 11 is 0. The first-order valence-corrected chi connectivity index (χ1v) is 5.93. The van der Waals surface area contributed by atoms with Gasteiger partial charge in [-0.3, -0.25) is 4.98 Å². The van der Waals surface area contributed by atoms with Crippen LogP contribution in [-0.2, 0) is 6.42 Å². The second-order valence-corrected chi connectivity index (χ2v) is 4.18. The van der Waals surface area contributed by atoms with Crippen LogP contribution in [0.15, 0.2) is 47.2 Å². The second-order valence-electron chi connectivity index (χ2n) is 4.18. The average molecular weight is 271 g/mol. The van der Waals surface area contributed by atoms with Gasteiger partial charge in [0.25, 0.3) is 5.89 Å². The number of aromatic hydroxyl groups is 1. The molecule has 0 aliphatic rings. The van der Waals surface area contributed by atoms with Crippen molar-refractivity contribution in [2.45, 2.75) is 6.42 Å². The van der Waals surface area contributed by atoms with Crippen LogP contribution in [0.2, 0.25) is 0 Å². The number of aromatic nitrogens is 3. The van der Waals surface area contributed by atoms with Crippen LogP contribution in [0.25, 0.3) is 11.5 Å². The minimum Gasteiger partial charge on any atom is -0.505 e. The maximum atomic E-state index is 13.5. The fourth-order valence-corrected chi connectivity index (χ4v) is 1.81. The van der Waals surface area contributed by atoms with E-state index in [1.165, 1.54) is 18.5 Å². The predicted octanol–water partition coefficient (Wildman–Crippen LogP) is 2.57. The third-order valence-corrected chi connectivity index (χ3v) is 2.80. The summed E-state index contributed by atoms with van der Waals surface area (Å²) in [5.74, 6) is 0.164. The van der Waals surface area contributed by atoms with Gasteiger partial charge in [-0.1, -0.05) is 23.4 Å². The van der Waals surface area contributed by atoms with Crippen molar-refractivity contribution in [2.24, 2.45) is 0 Å². The highest BCUT2D eigenvalue weighted by atomic mass is 19.1. The number of benzene rings is 1. The Bertz CT molecular complexity index is 743. The molecule has 0 atom stereocenters. The van der Waals surface area contributed by atoms with Crippen molar-refractivity contribution in [3.63, 3.8) is 0 Å².